The fourth-order valence-corrected chi connectivity index (χ4v) is 3.16. The molecule has 1 saturated heterocycles. The van der Waals surface area contributed by atoms with Crippen LogP contribution in [0.25, 0.3) is 11.0 Å². The van der Waals surface area contributed by atoms with Gasteiger partial charge < -0.3 is 18.8 Å². The third-order valence-corrected chi connectivity index (χ3v) is 4.44. The Bertz CT molecular complexity index is 893. The van der Waals surface area contributed by atoms with E-state index in [1.807, 2.05) is 17.8 Å². The molecule has 124 valence electrons. The number of rotatable bonds is 2. The van der Waals surface area contributed by atoms with E-state index in [1.54, 1.807) is 17.2 Å². The molecule has 3 aromatic rings. The lowest BCUT2D eigenvalue weighted by atomic mass is 10.1. The van der Waals surface area contributed by atoms with Gasteiger partial charge in [0.2, 0.25) is 5.95 Å². The Morgan fingerprint density at radius 3 is 2.71 bits per heavy atom. The minimum Gasteiger partial charge on any atom is -0.461 e. The van der Waals surface area contributed by atoms with E-state index in [0.717, 1.165) is 5.95 Å². The largest absolute Gasteiger partial charge is 0.461 e. The molecule has 1 fully saturated rings. The van der Waals surface area contributed by atoms with Crippen LogP contribution in [0.2, 0.25) is 0 Å². The molecule has 0 radical (unpaired) electrons. The van der Waals surface area contributed by atoms with Crippen molar-refractivity contribution in [3.63, 3.8) is 0 Å². The van der Waals surface area contributed by atoms with Crippen LogP contribution in [0.3, 0.4) is 0 Å². The molecule has 24 heavy (non-hydrogen) atoms. The highest BCUT2D eigenvalue weighted by Gasteiger charge is 2.25. The zero-order valence-corrected chi connectivity index (χ0v) is 13.3. The number of carbonyl (C=O) groups excluding carboxylic acids is 1. The summed E-state index contributed by atoms with van der Waals surface area (Å²) in [6.07, 6.45) is 5.07. The molecule has 0 atom stereocenters. The molecule has 1 aromatic carbocycles. The van der Waals surface area contributed by atoms with Crippen molar-refractivity contribution in [2.45, 2.75) is 0 Å². The molecule has 4 rings (SSSR count). The number of imidazole rings is 1. The third kappa shape index (κ3) is 2.33. The highest BCUT2D eigenvalue weighted by atomic mass is 19.1. The minimum absolute atomic E-state index is 0.0964. The number of furan rings is 1. The number of aromatic nitrogens is 2. The van der Waals surface area contributed by atoms with Crippen molar-refractivity contribution >= 4 is 22.8 Å². The van der Waals surface area contributed by atoms with Gasteiger partial charge >= 0.3 is 0 Å². The first-order valence-electron chi connectivity index (χ1n) is 7.82. The molecular weight excluding hydrogens is 311 g/mol. The van der Waals surface area contributed by atoms with Crippen molar-refractivity contribution in [3.8, 4) is 0 Å². The maximum Gasteiger partial charge on any atom is 0.254 e. The number of fused-ring (bicyclic) bond motifs is 1. The number of hydrogen-bond acceptors (Lipinski definition) is 4. The van der Waals surface area contributed by atoms with Crippen molar-refractivity contribution < 1.29 is 13.6 Å². The summed E-state index contributed by atoms with van der Waals surface area (Å²) < 4.78 is 20.8. The van der Waals surface area contributed by atoms with Gasteiger partial charge in [0, 0.05) is 51.0 Å². The van der Waals surface area contributed by atoms with Gasteiger partial charge in [-0.1, -0.05) is 0 Å². The van der Waals surface area contributed by atoms with Crippen molar-refractivity contribution in [1.29, 1.82) is 0 Å². The molecule has 6 nitrogen and oxygen atoms in total. The van der Waals surface area contributed by atoms with E-state index in [1.165, 1.54) is 18.4 Å². The van der Waals surface area contributed by atoms with Crippen molar-refractivity contribution in [2.24, 2.45) is 7.05 Å². The van der Waals surface area contributed by atoms with Crippen LogP contribution in [0, 0.1) is 5.82 Å². The van der Waals surface area contributed by atoms with Crippen LogP contribution in [-0.2, 0) is 7.05 Å². The van der Waals surface area contributed by atoms with Gasteiger partial charge in [-0.2, -0.15) is 0 Å². The SMILES string of the molecule is Cn1ccnc1N1CCN(C(=O)c2ccc(F)c3occc23)CC1. The van der Waals surface area contributed by atoms with Crippen LogP contribution in [0.5, 0.6) is 0 Å². The van der Waals surface area contributed by atoms with Crippen LogP contribution >= 0.6 is 0 Å². The summed E-state index contributed by atoms with van der Waals surface area (Å²) in [5.74, 6) is 0.355. The van der Waals surface area contributed by atoms with Crippen molar-refractivity contribution in [3.05, 3.63) is 48.2 Å². The van der Waals surface area contributed by atoms with Gasteiger partial charge in [-0.15, -0.1) is 0 Å². The number of amides is 1. The molecule has 7 heteroatoms. The van der Waals surface area contributed by atoms with Crippen LogP contribution < -0.4 is 4.90 Å². The molecule has 1 amide bonds. The predicted octanol–water partition coefficient (Wildman–Crippen LogP) is 2.27. The Balaban J connectivity index is 1.53. The molecule has 2 aromatic heterocycles. The van der Waals surface area contributed by atoms with Gasteiger partial charge in [-0.25, -0.2) is 9.37 Å². The van der Waals surface area contributed by atoms with Crippen LogP contribution in [0.1, 0.15) is 10.4 Å². The zero-order chi connectivity index (χ0) is 16.7. The predicted molar refractivity (Wildman–Crippen MR) is 87.5 cm³/mol. The molecule has 0 bridgehead atoms. The minimum atomic E-state index is -0.453. The van der Waals surface area contributed by atoms with E-state index >= 15 is 0 Å². The lowest BCUT2D eigenvalue weighted by molar-refractivity contribution is 0.0748. The Kier molecular flexibility index (Phi) is 3.48. The maximum absolute atomic E-state index is 13.7. The summed E-state index contributed by atoms with van der Waals surface area (Å²) in [7, 11) is 1.95. The van der Waals surface area contributed by atoms with E-state index in [9.17, 15) is 9.18 Å². The monoisotopic (exact) mass is 328 g/mol. The first kappa shape index (κ1) is 14.7. The molecule has 1 aliphatic heterocycles. The fourth-order valence-electron chi connectivity index (χ4n) is 3.16. The molecule has 3 heterocycles. The van der Waals surface area contributed by atoms with Gasteiger partial charge in [-0.05, 0) is 18.2 Å². The molecule has 0 unspecified atom stereocenters. The molecule has 0 saturated carbocycles. The number of anilines is 1. The molecule has 1 aliphatic rings. The summed E-state index contributed by atoms with van der Waals surface area (Å²) >= 11 is 0. The second kappa shape index (κ2) is 5.67. The van der Waals surface area contributed by atoms with Gasteiger partial charge in [0.25, 0.3) is 5.91 Å². The average molecular weight is 328 g/mol. The molecular formula is C17H17FN4O2. The number of nitrogens with zero attached hydrogens (tertiary/aromatic N) is 4. The third-order valence-electron chi connectivity index (χ3n) is 4.44. The highest BCUT2D eigenvalue weighted by molar-refractivity contribution is 6.06. The second-order valence-corrected chi connectivity index (χ2v) is 5.88. The standard InChI is InChI=1S/C17H17FN4O2/c1-20-6-5-19-17(20)22-9-7-21(8-10-22)16(23)13-2-3-14(18)15-12(13)4-11-24-15/h2-6,11H,7-10H2,1H3. The van der Waals surface area contributed by atoms with Crippen molar-refractivity contribution in [1.82, 2.24) is 14.5 Å². The summed E-state index contributed by atoms with van der Waals surface area (Å²) in [4.78, 5) is 21.1. The van der Waals surface area contributed by atoms with E-state index in [4.69, 9.17) is 4.42 Å². The Hall–Kier alpha value is -2.83. The Morgan fingerprint density at radius 1 is 1.21 bits per heavy atom. The lowest BCUT2D eigenvalue weighted by Crippen LogP contribution is -2.49. The number of aryl methyl sites for hydroxylation is 1. The number of halogens is 1. The van der Waals surface area contributed by atoms with E-state index in [2.05, 4.69) is 9.88 Å². The van der Waals surface area contributed by atoms with E-state index in [0.29, 0.717) is 37.1 Å². The van der Waals surface area contributed by atoms with Gasteiger partial charge in [-0.3, -0.25) is 4.79 Å². The normalized spacial score (nSPS) is 15.2. The molecule has 0 aliphatic carbocycles. The summed E-state index contributed by atoms with van der Waals surface area (Å²) in [6.45, 7) is 2.63. The van der Waals surface area contributed by atoms with Crippen LogP contribution in [-0.4, -0.2) is 46.5 Å². The Morgan fingerprint density at radius 2 is 2.00 bits per heavy atom. The van der Waals surface area contributed by atoms with Gasteiger partial charge in [0.05, 0.1) is 11.8 Å². The average Bonchev–Trinajstić information content (AvgIpc) is 3.24. The second-order valence-electron chi connectivity index (χ2n) is 5.88. The van der Waals surface area contributed by atoms with Crippen LogP contribution in [0.4, 0.5) is 10.3 Å². The topological polar surface area (TPSA) is 54.5 Å². The summed E-state index contributed by atoms with van der Waals surface area (Å²) in [5.41, 5.74) is 0.609. The smallest absolute Gasteiger partial charge is 0.254 e. The van der Waals surface area contributed by atoms with Crippen molar-refractivity contribution in [2.75, 3.05) is 31.1 Å². The van der Waals surface area contributed by atoms with Crippen LogP contribution in [0.15, 0.2) is 41.3 Å². The summed E-state index contributed by atoms with van der Waals surface area (Å²) in [5, 5.41) is 0.520. The number of benzene rings is 1. The molecule has 0 spiro atoms. The van der Waals surface area contributed by atoms with Gasteiger partial charge in [0.15, 0.2) is 11.4 Å². The van der Waals surface area contributed by atoms with Gasteiger partial charge in [0.1, 0.15) is 0 Å². The number of piperazine rings is 1. The van der Waals surface area contributed by atoms with E-state index in [-0.39, 0.29) is 11.5 Å². The Labute approximate surface area is 138 Å². The lowest BCUT2D eigenvalue weighted by Gasteiger charge is -2.35. The first-order valence-corrected chi connectivity index (χ1v) is 7.82. The van der Waals surface area contributed by atoms with E-state index < -0.39 is 5.82 Å². The first-order chi connectivity index (χ1) is 11.6. The molecule has 0 N–H and O–H groups in total. The highest BCUT2D eigenvalue weighted by Crippen LogP contribution is 2.25. The summed E-state index contributed by atoms with van der Waals surface area (Å²) in [6, 6.07) is 4.44. The zero-order valence-electron chi connectivity index (χ0n) is 13.3. The maximum atomic E-state index is 13.7. The number of hydrogen-bond donors (Lipinski definition) is 0. The number of carbonyl (C=O) groups is 1. The quantitative estimate of drug-likeness (QED) is 0.724. The fraction of sp³-hybridized carbons (Fsp3) is 0.294.